The smallest absolute Gasteiger partial charge is 0.156 e. The summed E-state index contributed by atoms with van der Waals surface area (Å²) in [5.41, 5.74) is 0.867. The third kappa shape index (κ3) is 3.43. The molecule has 0 saturated carbocycles. The SMILES string of the molecule is Cc1ccccc1[P+](=O)O.[K]. The molecule has 1 atom stereocenters. The molecule has 0 aliphatic rings. The van der Waals surface area contributed by atoms with Crippen LogP contribution in [0.5, 0.6) is 0 Å². The summed E-state index contributed by atoms with van der Waals surface area (Å²) in [7, 11) is -2.17. The minimum absolute atomic E-state index is 0. The van der Waals surface area contributed by atoms with E-state index in [0.29, 0.717) is 5.30 Å². The second-order valence-corrected chi connectivity index (χ2v) is 3.09. The molecule has 53 valence electrons. The van der Waals surface area contributed by atoms with E-state index in [9.17, 15) is 4.57 Å². The van der Waals surface area contributed by atoms with Crippen molar-refractivity contribution >= 4 is 64.7 Å². The molecule has 4 heteroatoms. The maximum Gasteiger partial charge on any atom is 0.546 e. The van der Waals surface area contributed by atoms with Crippen LogP contribution < -0.4 is 5.30 Å². The third-order valence-electron chi connectivity index (χ3n) is 1.32. The predicted octanol–water partition coefficient (Wildman–Crippen LogP) is 0.974. The summed E-state index contributed by atoms with van der Waals surface area (Å²) in [6.45, 7) is 1.82. The molecule has 2 nitrogen and oxygen atoms in total. The first-order valence-corrected chi connectivity index (χ1v) is 4.15. The minimum Gasteiger partial charge on any atom is -0.156 e. The Bertz CT molecular complexity index is 262. The molecule has 0 saturated heterocycles. The molecule has 1 N–H and O–H groups in total. The van der Waals surface area contributed by atoms with Gasteiger partial charge in [0, 0.05) is 56.9 Å². The summed E-state index contributed by atoms with van der Waals surface area (Å²) in [4.78, 5) is 8.71. The van der Waals surface area contributed by atoms with Gasteiger partial charge in [0.05, 0.1) is 0 Å². The normalized spacial score (nSPS) is 10.2. The van der Waals surface area contributed by atoms with Gasteiger partial charge in [-0.15, -0.1) is 0 Å². The van der Waals surface area contributed by atoms with E-state index < -0.39 is 8.03 Å². The van der Waals surface area contributed by atoms with Crippen molar-refractivity contribution in [3.05, 3.63) is 29.8 Å². The summed E-state index contributed by atoms with van der Waals surface area (Å²) < 4.78 is 10.6. The van der Waals surface area contributed by atoms with E-state index in [-0.39, 0.29) is 51.4 Å². The van der Waals surface area contributed by atoms with Crippen LogP contribution >= 0.6 is 8.03 Å². The molecule has 0 aliphatic carbocycles. The van der Waals surface area contributed by atoms with Gasteiger partial charge in [-0.25, -0.2) is 0 Å². The van der Waals surface area contributed by atoms with E-state index in [1.54, 1.807) is 12.1 Å². The number of hydrogen-bond donors (Lipinski definition) is 1. The van der Waals surface area contributed by atoms with Gasteiger partial charge in [0.15, 0.2) is 0 Å². The van der Waals surface area contributed by atoms with Gasteiger partial charge in [-0.2, -0.15) is 4.89 Å². The maximum absolute atomic E-state index is 10.6. The van der Waals surface area contributed by atoms with E-state index in [0.717, 1.165) is 5.56 Å². The fraction of sp³-hybridized carbons (Fsp3) is 0.143. The second-order valence-electron chi connectivity index (χ2n) is 2.06. The fourth-order valence-corrected chi connectivity index (χ4v) is 1.37. The number of rotatable bonds is 1. The molecule has 0 amide bonds. The number of hydrogen-bond acceptors (Lipinski definition) is 1. The van der Waals surface area contributed by atoms with Crippen molar-refractivity contribution in [1.82, 2.24) is 0 Å². The van der Waals surface area contributed by atoms with Crippen LogP contribution in [-0.4, -0.2) is 56.3 Å². The zero-order valence-electron chi connectivity index (χ0n) is 6.61. The molecule has 0 aliphatic heterocycles. The van der Waals surface area contributed by atoms with E-state index in [1.165, 1.54) is 0 Å². The van der Waals surface area contributed by atoms with Crippen LogP contribution in [-0.2, 0) is 4.57 Å². The van der Waals surface area contributed by atoms with Crippen molar-refractivity contribution in [2.24, 2.45) is 0 Å². The van der Waals surface area contributed by atoms with Crippen LogP contribution in [0.15, 0.2) is 24.3 Å². The fourth-order valence-electron chi connectivity index (χ4n) is 0.778. The summed E-state index contributed by atoms with van der Waals surface area (Å²) in [6, 6.07) is 7.08. The van der Waals surface area contributed by atoms with E-state index in [1.807, 2.05) is 19.1 Å². The molecule has 0 fully saturated rings. The molecular formula is C7H8KO2P+. The van der Waals surface area contributed by atoms with Gasteiger partial charge >= 0.3 is 8.03 Å². The third-order valence-corrected chi connectivity index (χ3v) is 2.24. The van der Waals surface area contributed by atoms with Crippen LogP contribution in [0.3, 0.4) is 0 Å². The molecule has 1 rings (SSSR count). The zero-order valence-corrected chi connectivity index (χ0v) is 10.6. The molecule has 0 heterocycles. The topological polar surface area (TPSA) is 37.3 Å². The Morgan fingerprint density at radius 3 is 2.27 bits per heavy atom. The summed E-state index contributed by atoms with van der Waals surface area (Å²) in [5, 5.41) is 0.525. The molecule has 0 bridgehead atoms. The first-order valence-electron chi connectivity index (χ1n) is 2.93. The molecule has 1 unspecified atom stereocenters. The van der Waals surface area contributed by atoms with Crippen molar-refractivity contribution in [3.63, 3.8) is 0 Å². The first-order chi connectivity index (χ1) is 4.72. The molecule has 0 aromatic heterocycles. The van der Waals surface area contributed by atoms with Gasteiger partial charge in [-0.3, -0.25) is 0 Å². The van der Waals surface area contributed by atoms with Gasteiger partial charge in [-0.05, 0) is 17.6 Å². The van der Waals surface area contributed by atoms with Crippen LogP contribution in [0.1, 0.15) is 5.56 Å². The van der Waals surface area contributed by atoms with Crippen LogP contribution in [0, 0.1) is 6.92 Å². The molecule has 1 aromatic carbocycles. The average molecular weight is 194 g/mol. The molecular weight excluding hydrogens is 186 g/mol. The standard InChI is InChI=1S/C7H7O2P.K/c1-6-4-2-3-5-7(6)10(8)9;/h2-5H,1H3;/p+1. The Labute approximate surface area is 109 Å². The Morgan fingerprint density at radius 1 is 1.36 bits per heavy atom. The van der Waals surface area contributed by atoms with Crippen molar-refractivity contribution in [2.45, 2.75) is 6.92 Å². The van der Waals surface area contributed by atoms with Gasteiger partial charge < -0.3 is 0 Å². The van der Waals surface area contributed by atoms with Crippen LogP contribution in [0.4, 0.5) is 0 Å². The summed E-state index contributed by atoms with van der Waals surface area (Å²) in [5.74, 6) is 0. The van der Waals surface area contributed by atoms with Crippen molar-refractivity contribution < 1.29 is 9.46 Å². The Kier molecular flexibility index (Phi) is 6.00. The minimum atomic E-state index is -2.17. The summed E-state index contributed by atoms with van der Waals surface area (Å²) in [6.07, 6.45) is 0. The van der Waals surface area contributed by atoms with Crippen molar-refractivity contribution in [3.8, 4) is 0 Å². The maximum atomic E-state index is 10.6. The Morgan fingerprint density at radius 2 is 1.91 bits per heavy atom. The van der Waals surface area contributed by atoms with Gasteiger partial charge in [0.2, 0.25) is 5.30 Å². The largest absolute Gasteiger partial charge is 0.546 e. The van der Waals surface area contributed by atoms with Crippen LogP contribution in [0.25, 0.3) is 0 Å². The van der Waals surface area contributed by atoms with Crippen molar-refractivity contribution in [2.75, 3.05) is 0 Å². The van der Waals surface area contributed by atoms with E-state index >= 15 is 0 Å². The van der Waals surface area contributed by atoms with E-state index in [2.05, 4.69) is 0 Å². The van der Waals surface area contributed by atoms with Crippen molar-refractivity contribution in [1.29, 1.82) is 0 Å². The first kappa shape index (κ1) is 11.9. The second kappa shape index (κ2) is 5.54. The Balaban J connectivity index is 0.000001000. The zero-order chi connectivity index (χ0) is 7.56. The van der Waals surface area contributed by atoms with Gasteiger partial charge in [-0.1, -0.05) is 18.2 Å². The van der Waals surface area contributed by atoms with E-state index in [4.69, 9.17) is 4.89 Å². The number of benzene rings is 1. The molecule has 11 heavy (non-hydrogen) atoms. The van der Waals surface area contributed by atoms with Crippen LogP contribution in [0.2, 0.25) is 0 Å². The average Bonchev–Trinajstić information content (AvgIpc) is 1.88. The van der Waals surface area contributed by atoms with Gasteiger partial charge in [0.1, 0.15) is 0 Å². The Hall–Kier alpha value is 0.916. The molecule has 1 aromatic rings. The summed E-state index contributed by atoms with van der Waals surface area (Å²) >= 11 is 0. The van der Waals surface area contributed by atoms with Gasteiger partial charge in [0.25, 0.3) is 0 Å². The monoisotopic (exact) mass is 194 g/mol. The number of aryl methyl sites for hydroxylation is 1. The molecule has 0 spiro atoms. The molecule has 1 radical (unpaired) electrons. The predicted molar refractivity (Wildman–Crippen MR) is 46.4 cm³/mol. The quantitative estimate of drug-likeness (QED) is 0.534.